The van der Waals surface area contributed by atoms with Gasteiger partial charge in [-0.3, -0.25) is 9.69 Å². The highest BCUT2D eigenvalue weighted by Gasteiger charge is 2.15. The minimum atomic E-state index is -0.0114. The molecule has 0 atom stereocenters. The number of nitrogens with zero attached hydrogens (tertiary/aromatic N) is 6. The van der Waals surface area contributed by atoms with Gasteiger partial charge in [-0.1, -0.05) is 23.4 Å². The second kappa shape index (κ2) is 7.94. The zero-order chi connectivity index (χ0) is 17.8. The lowest BCUT2D eigenvalue weighted by Crippen LogP contribution is -2.27. The van der Waals surface area contributed by atoms with E-state index in [2.05, 4.69) is 20.5 Å². The number of amides is 1. The number of benzene rings is 1. The van der Waals surface area contributed by atoms with Gasteiger partial charge in [0.05, 0.1) is 11.4 Å². The zero-order valence-electron chi connectivity index (χ0n) is 13.6. The lowest BCUT2D eigenvalue weighted by Gasteiger charge is -2.14. The van der Waals surface area contributed by atoms with Gasteiger partial charge in [0.1, 0.15) is 0 Å². The Morgan fingerprint density at radius 1 is 1.36 bits per heavy atom. The monoisotopic (exact) mass is 394 g/mol. The Labute approximate surface area is 158 Å². The lowest BCUT2D eigenvalue weighted by atomic mass is 10.3. The molecule has 0 fully saturated rings. The zero-order valence-corrected chi connectivity index (χ0v) is 16.0. The molecule has 0 saturated carbocycles. The number of carbonyl (C=O) groups excluding carboxylic acids is 1. The van der Waals surface area contributed by atoms with E-state index in [0.717, 1.165) is 11.4 Å². The van der Waals surface area contributed by atoms with E-state index in [4.69, 9.17) is 11.6 Å². The summed E-state index contributed by atoms with van der Waals surface area (Å²) in [4.78, 5) is 17.8. The normalized spacial score (nSPS) is 10.8. The molecule has 0 radical (unpaired) electrons. The van der Waals surface area contributed by atoms with E-state index in [-0.39, 0.29) is 5.91 Å². The molecule has 130 valence electrons. The maximum absolute atomic E-state index is 11.6. The van der Waals surface area contributed by atoms with Crippen molar-refractivity contribution in [1.82, 2.24) is 25.2 Å². The fraction of sp³-hybridized carbons (Fsp3) is 0.267. The molecule has 1 amide bonds. The number of aromatic nitrogens is 5. The van der Waals surface area contributed by atoms with Gasteiger partial charge in [0.25, 0.3) is 0 Å². The number of halogens is 1. The van der Waals surface area contributed by atoms with Crippen molar-refractivity contribution in [2.75, 3.05) is 11.4 Å². The van der Waals surface area contributed by atoms with Crippen LogP contribution in [-0.2, 0) is 10.5 Å². The van der Waals surface area contributed by atoms with Crippen molar-refractivity contribution in [2.24, 2.45) is 0 Å². The average Bonchev–Trinajstić information content (AvgIpc) is 3.23. The predicted octanol–water partition coefficient (Wildman–Crippen LogP) is 3.44. The summed E-state index contributed by atoms with van der Waals surface area (Å²) < 4.78 is 1.65. The van der Waals surface area contributed by atoms with Gasteiger partial charge in [-0.05, 0) is 41.6 Å². The lowest BCUT2D eigenvalue weighted by molar-refractivity contribution is -0.116. The highest BCUT2D eigenvalue weighted by molar-refractivity contribution is 7.98. The molecule has 0 aliphatic rings. The van der Waals surface area contributed by atoms with Gasteiger partial charge in [0.15, 0.2) is 5.13 Å². The molecule has 0 N–H and O–H groups in total. The Morgan fingerprint density at radius 3 is 2.80 bits per heavy atom. The molecule has 2 heterocycles. The maximum Gasteiger partial charge on any atom is 0.225 e. The molecule has 0 aliphatic heterocycles. The molecule has 0 bridgehead atoms. The molecule has 3 aromatic rings. The van der Waals surface area contributed by atoms with Crippen LogP contribution in [0.4, 0.5) is 5.13 Å². The minimum absolute atomic E-state index is 0.0114. The molecule has 3 rings (SSSR count). The summed E-state index contributed by atoms with van der Waals surface area (Å²) in [7, 11) is 0. The van der Waals surface area contributed by atoms with Crippen LogP contribution in [0.3, 0.4) is 0 Å². The average molecular weight is 395 g/mol. The molecular formula is C15H15ClN6OS2. The van der Waals surface area contributed by atoms with Crippen LogP contribution in [0.5, 0.6) is 0 Å². The van der Waals surface area contributed by atoms with Gasteiger partial charge in [-0.2, -0.15) is 4.68 Å². The van der Waals surface area contributed by atoms with Crippen molar-refractivity contribution in [2.45, 2.75) is 24.8 Å². The van der Waals surface area contributed by atoms with Gasteiger partial charge < -0.3 is 0 Å². The van der Waals surface area contributed by atoms with Crippen LogP contribution in [0.15, 0.2) is 34.8 Å². The molecule has 0 unspecified atom stereocenters. The third-order valence-electron chi connectivity index (χ3n) is 3.33. The number of tetrazole rings is 1. The van der Waals surface area contributed by atoms with E-state index in [9.17, 15) is 4.79 Å². The summed E-state index contributed by atoms with van der Waals surface area (Å²) in [6.45, 7) is 4.07. The maximum atomic E-state index is 11.6. The van der Waals surface area contributed by atoms with Crippen LogP contribution in [-0.4, -0.2) is 37.6 Å². The second-order valence-corrected chi connectivity index (χ2v) is 7.24. The Morgan fingerprint density at radius 2 is 2.12 bits per heavy atom. The highest BCUT2D eigenvalue weighted by Crippen LogP contribution is 2.27. The third kappa shape index (κ3) is 4.17. The Hall–Kier alpha value is -1.97. The molecule has 10 heteroatoms. The van der Waals surface area contributed by atoms with E-state index in [1.807, 2.05) is 24.4 Å². The van der Waals surface area contributed by atoms with E-state index in [0.29, 0.717) is 27.6 Å². The summed E-state index contributed by atoms with van der Waals surface area (Å²) in [6, 6.07) is 7.30. The van der Waals surface area contributed by atoms with Gasteiger partial charge >= 0.3 is 0 Å². The molecule has 0 saturated heterocycles. The highest BCUT2D eigenvalue weighted by atomic mass is 35.5. The number of thiazole rings is 1. The molecule has 1 aromatic carbocycles. The third-order valence-corrected chi connectivity index (χ3v) is 5.45. The fourth-order valence-corrected chi connectivity index (χ4v) is 4.08. The van der Waals surface area contributed by atoms with E-state index >= 15 is 0 Å². The summed E-state index contributed by atoms with van der Waals surface area (Å²) in [5, 5.41) is 15.8. The van der Waals surface area contributed by atoms with Crippen molar-refractivity contribution in [3.63, 3.8) is 0 Å². The first-order chi connectivity index (χ1) is 12.1. The second-order valence-electron chi connectivity index (χ2n) is 5.02. The first-order valence-electron chi connectivity index (χ1n) is 7.48. The van der Waals surface area contributed by atoms with Crippen LogP contribution in [0.25, 0.3) is 5.69 Å². The number of thioether (sulfide) groups is 1. The van der Waals surface area contributed by atoms with Crippen LogP contribution < -0.4 is 4.90 Å². The van der Waals surface area contributed by atoms with Gasteiger partial charge in [-0.15, -0.1) is 16.4 Å². The topological polar surface area (TPSA) is 76.8 Å². The smallest absolute Gasteiger partial charge is 0.225 e. The first-order valence-corrected chi connectivity index (χ1v) is 9.72. The fourth-order valence-electron chi connectivity index (χ4n) is 2.13. The van der Waals surface area contributed by atoms with Gasteiger partial charge in [0, 0.05) is 29.6 Å². The van der Waals surface area contributed by atoms with Crippen molar-refractivity contribution >= 4 is 45.7 Å². The van der Waals surface area contributed by atoms with E-state index in [1.54, 1.807) is 28.6 Å². The van der Waals surface area contributed by atoms with Crippen molar-refractivity contribution < 1.29 is 4.79 Å². The van der Waals surface area contributed by atoms with E-state index in [1.165, 1.54) is 23.1 Å². The largest absolute Gasteiger partial charge is 0.289 e. The summed E-state index contributed by atoms with van der Waals surface area (Å²) in [5.74, 6) is 0.600. The molecule has 2 aromatic heterocycles. The summed E-state index contributed by atoms with van der Waals surface area (Å²) in [5.41, 5.74) is 1.72. The van der Waals surface area contributed by atoms with Crippen molar-refractivity contribution in [3.8, 4) is 5.69 Å². The Kier molecular flexibility index (Phi) is 5.67. The van der Waals surface area contributed by atoms with Crippen LogP contribution in [0.2, 0.25) is 5.02 Å². The quantitative estimate of drug-likeness (QED) is 0.596. The summed E-state index contributed by atoms with van der Waals surface area (Å²) in [6.07, 6.45) is 0. The molecule has 25 heavy (non-hydrogen) atoms. The van der Waals surface area contributed by atoms with Gasteiger partial charge in [0.2, 0.25) is 11.1 Å². The SMILES string of the molecule is CCN(C(C)=O)c1nc(CSc2nnnn2-c2ccc(Cl)cc2)cs1. The van der Waals surface area contributed by atoms with Crippen LogP contribution in [0, 0.1) is 0 Å². The number of hydrogen-bond donors (Lipinski definition) is 0. The van der Waals surface area contributed by atoms with Crippen LogP contribution >= 0.6 is 34.7 Å². The molecule has 0 spiro atoms. The van der Waals surface area contributed by atoms with Crippen molar-refractivity contribution in [3.05, 3.63) is 40.4 Å². The standard InChI is InChI=1S/C15H15ClN6OS2/c1-3-21(10(2)23)14-17-12(8-24-14)9-25-15-18-19-20-22(15)13-6-4-11(16)5-7-13/h4-8H,3,9H2,1-2H3. The van der Waals surface area contributed by atoms with Gasteiger partial charge in [-0.25, -0.2) is 4.98 Å². The van der Waals surface area contributed by atoms with E-state index < -0.39 is 0 Å². The number of anilines is 1. The Balaban J connectivity index is 1.71. The molecular weight excluding hydrogens is 380 g/mol. The van der Waals surface area contributed by atoms with Crippen molar-refractivity contribution in [1.29, 1.82) is 0 Å². The summed E-state index contributed by atoms with van der Waals surface area (Å²) >= 11 is 8.85. The molecule has 7 nitrogen and oxygen atoms in total. The van der Waals surface area contributed by atoms with Crippen LogP contribution in [0.1, 0.15) is 19.5 Å². The molecule has 0 aliphatic carbocycles. The number of rotatable bonds is 6. The first kappa shape index (κ1) is 17.8. The minimum Gasteiger partial charge on any atom is -0.289 e. The predicted molar refractivity (Wildman–Crippen MR) is 99.5 cm³/mol. The number of carbonyl (C=O) groups is 1. The number of hydrogen-bond acceptors (Lipinski definition) is 7. The Bertz CT molecular complexity index is 863.